The fraction of sp³-hybridized carbons (Fsp3) is 0.0556. The third-order valence-electron chi connectivity index (χ3n) is 3.80. The molecule has 9 heteroatoms. The number of benzene rings is 1. The van der Waals surface area contributed by atoms with E-state index in [9.17, 15) is 4.79 Å². The van der Waals surface area contributed by atoms with Gasteiger partial charge in [-0.25, -0.2) is 4.68 Å². The van der Waals surface area contributed by atoms with Crippen LogP contribution in [0.2, 0.25) is 0 Å². The van der Waals surface area contributed by atoms with Gasteiger partial charge in [-0.3, -0.25) is 4.79 Å². The number of rotatable bonds is 5. The summed E-state index contributed by atoms with van der Waals surface area (Å²) in [5.41, 5.74) is 1.88. The van der Waals surface area contributed by atoms with E-state index in [0.717, 1.165) is 5.69 Å². The summed E-state index contributed by atoms with van der Waals surface area (Å²) < 4.78 is 6.53. The third kappa shape index (κ3) is 3.66. The van der Waals surface area contributed by atoms with Crippen LogP contribution in [0, 0.1) is 6.92 Å². The maximum absolute atomic E-state index is 12.1. The number of nitrogens with one attached hydrogen (secondary N) is 2. The average Bonchev–Trinajstić information content (AvgIpc) is 3.36. The highest BCUT2D eigenvalue weighted by Gasteiger charge is 2.12. The van der Waals surface area contributed by atoms with Gasteiger partial charge in [-0.05, 0) is 49.4 Å². The van der Waals surface area contributed by atoms with Crippen molar-refractivity contribution in [3.8, 4) is 5.82 Å². The Balaban J connectivity index is 1.40. The Morgan fingerprint density at radius 3 is 2.52 bits per heavy atom. The largest absolute Gasteiger partial charge is 0.361 e. The summed E-state index contributed by atoms with van der Waals surface area (Å²) in [6.45, 7) is 1.69. The van der Waals surface area contributed by atoms with E-state index in [4.69, 9.17) is 4.52 Å². The van der Waals surface area contributed by atoms with Crippen molar-refractivity contribution in [2.75, 3.05) is 10.6 Å². The van der Waals surface area contributed by atoms with Crippen molar-refractivity contribution in [3.05, 3.63) is 72.4 Å². The normalized spacial score (nSPS) is 10.6. The molecule has 0 aliphatic heterocycles. The van der Waals surface area contributed by atoms with Crippen LogP contribution in [0.15, 0.2) is 65.6 Å². The molecular weight excluding hydrogens is 346 g/mol. The highest BCUT2D eigenvalue weighted by Crippen LogP contribution is 2.18. The molecule has 0 aliphatic carbocycles. The van der Waals surface area contributed by atoms with Crippen LogP contribution in [0.25, 0.3) is 5.82 Å². The molecule has 0 radical (unpaired) electrons. The van der Waals surface area contributed by atoms with Gasteiger partial charge in [0.05, 0.1) is 6.20 Å². The molecule has 0 atom stereocenters. The number of hydrogen-bond acceptors (Lipinski definition) is 7. The summed E-state index contributed by atoms with van der Waals surface area (Å²) in [4.78, 5) is 12.1. The number of nitrogens with zero attached hydrogens (tertiary/aromatic N) is 5. The molecule has 27 heavy (non-hydrogen) atoms. The summed E-state index contributed by atoms with van der Waals surface area (Å²) >= 11 is 0. The fourth-order valence-electron chi connectivity index (χ4n) is 2.42. The van der Waals surface area contributed by atoms with Gasteiger partial charge in [-0.1, -0.05) is 5.16 Å². The first-order chi connectivity index (χ1) is 13.2. The molecule has 0 saturated heterocycles. The Kier molecular flexibility index (Phi) is 4.32. The van der Waals surface area contributed by atoms with Crippen LogP contribution >= 0.6 is 0 Å². The maximum atomic E-state index is 12.1. The van der Waals surface area contributed by atoms with E-state index in [1.54, 1.807) is 36.1 Å². The molecule has 1 aromatic carbocycles. The van der Waals surface area contributed by atoms with Crippen LogP contribution < -0.4 is 10.6 Å². The van der Waals surface area contributed by atoms with Gasteiger partial charge in [-0.2, -0.15) is 5.10 Å². The predicted octanol–water partition coefficient (Wildman–Crippen LogP) is 2.95. The fourth-order valence-corrected chi connectivity index (χ4v) is 2.42. The van der Waals surface area contributed by atoms with Crippen LogP contribution in [0.1, 0.15) is 16.1 Å². The van der Waals surface area contributed by atoms with Crippen LogP contribution in [-0.2, 0) is 0 Å². The SMILES string of the molecule is Cc1oncc1C(=O)Nc1ccc(Nc2ccc(-n3cccn3)nn2)cc1. The summed E-state index contributed by atoms with van der Waals surface area (Å²) in [6, 6.07) is 12.7. The first-order valence-corrected chi connectivity index (χ1v) is 8.12. The zero-order chi connectivity index (χ0) is 18.6. The number of hydrogen-bond donors (Lipinski definition) is 2. The molecule has 0 unspecified atom stereocenters. The molecule has 4 aromatic rings. The van der Waals surface area contributed by atoms with Crippen LogP contribution in [-0.4, -0.2) is 31.0 Å². The minimum atomic E-state index is -0.269. The molecule has 2 N–H and O–H groups in total. The second-order valence-corrected chi connectivity index (χ2v) is 5.68. The van der Waals surface area contributed by atoms with E-state index in [1.165, 1.54) is 6.20 Å². The molecule has 0 saturated carbocycles. The number of aryl methyl sites for hydroxylation is 1. The van der Waals surface area contributed by atoms with Gasteiger partial charge in [0.15, 0.2) is 11.6 Å². The van der Waals surface area contributed by atoms with Gasteiger partial charge in [0.2, 0.25) is 0 Å². The monoisotopic (exact) mass is 361 g/mol. The van der Waals surface area contributed by atoms with Crippen molar-refractivity contribution in [1.82, 2.24) is 25.1 Å². The van der Waals surface area contributed by atoms with E-state index in [0.29, 0.717) is 28.6 Å². The number of aromatic nitrogens is 5. The molecule has 1 amide bonds. The van der Waals surface area contributed by atoms with Crippen LogP contribution in [0.3, 0.4) is 0 Å². The molecule has 0 spiro atoms. The Hall–Kier alpha value is -4.01. The first-order valence-electron chi connectivity index (χ1n) is 8.12. The Morgan fingerprint density at radius 2 is 1.89 bits per heavy atom. The Bertz CT molecular complexity index is 1040. The van der Waals surface area contributed by atoms with Crippen molar-refractivity contribution < 1.29 is 9.32 Å². The molecule has 3 aromatic heterocycles. The van der Waals surface area contributed by atoms with Gasteiger partial charge in [0.25, 0.3) is 5.91 Å². The molecule has 0 fully saturated rings. The summed E-state index contributed by atoms with van der Waals surface area (Å²) in [6.07, 6.45) is 4.87. The molecule has 9 nitrogen and oxygen atoms in total. The van der Waals surface area contributed by atoms with Crippen LogP contribution in [0.5, 0.6) is 0 Å². The van der Waals surface area contributed by atoms with Crippen molar-refractivity contribution >= 4 is 23.1 Å². The molecule has 4 rings (SSSR count). The zero-order valence-electron chi connectivity index (χ0n) is 14.3. The lowest BCUT2D eigenvalue weighted by Crippen LogP contribution is -2.12. The van der Waals surface area contributed by atoms with Gasteiger partial charge >= 0.3 is 0 Å². The smallest absolute Gasteiger partial charge is 0.260 e. The Morgan fingerprint density at radius 1 is 1.07 bits per heavy atom. The minimum absolute atomic E-state index is 0.269. The number of anilines is 3. The lowest BCUT2D eigenvalue weighted by molar-refractivity contribution is 0.102. The second-order valence-electron chi connectivity index (χ2n) is 5.68. The zero-order valence-corrected chi connectivity index (χ0v) is 14.3. The Labute approximate surface area is 154 Å². The second kappa shape index (κ2) is 7.08. The standard InChI is InChI=1S/C18H15N7O2/c1-12-15(11-20-27-12)18(26)22-14-5-3-13(4-6-14)21-16-7-8-17(24-23-16)25-10-2-9-19-25/h2-11H,1H3,(H,21,23)(H,22,26). The van der Waals surface area contributed by atoms with E-state index in [-0.39, 0.29) is 5.91 Å². The number of carbonyl (C=O) groups excluding carboxylic acids is 1. The predicted molar refractivity (Wildman–Crippen MR) is 98.1 cm³/mol. The van der Waals surface area contributed by atoms with Gasteiger partial charge in [0.1, 0.15) is 11.3 Å². The van der Waals surface area contributed by atoms with Crippen molar-refractivity contribution in [2.24, 2.45) is 0 Å². The van der Waals surface area contributed by atoms with E-state index in [2.05, 4.69) is 31.1 Å². The average molecular weight is 361 g/mol. The highest BCUT2D eigenvalue weighted by atomic mass is 16.5. The van der Waals surface area contributed by atoms with E-state index >= 15 is 0 Å². The van der Waals surface area contributed by atoms with Gasteiger partial charge in [0, 0.05) is 23.8 Å². The first kappa shape index (κ1) is 16.5. The van der Waals surface area contributed by atoms with Crippen LogP contribution in [0.4, 0.5) is 17.2 Å². The van der Waals surface area contributed by atoms with Gasteiger partial charge in [-0.15, -0.1) is 10.2 Å². The van der Waals surface area contributed by atoms with Gasteiger partial charge < -0.3 is 15.2 Å². The molecule has 0 bridgehead atoms. The molecular formula is C18H15N7O2. The summed E-state index contributed by atoms with van der Waals surface area (Å²) in [5.74, 6) is 1.44. The highest BCUT2D eigenvalue weighted by molar-refractivity contribution is 6.04. The quantitative estimate of drug-likeness (QED) is 0.562. The maximum Gasteiger partial charge on any atom is 0.260 e. The number of amides is 1. The summed E-state index contributed by atoms with van der Waals surface area (Å²) in [5, 5.41) is 21.9. The molecule has 3 heterocycles. The molecule has 134 valence electrons. The topological polar surface area (TPSA) is 111 Å². The lowest BCUT2D eigenvalue weighted by Gasteiger charge is -2.08. The lowest BCUT2D eigenvalue weighted by atomic mass is 10.2. The molecule has 0 aliphatic rings. The van der Waals surface area contributed by atoms with E-state index in [1.807, 2.05) is 30.3 Å². The third-order valence-corrected chi connectivity index (χ3v) is 3.80. The minimum Gasteiger partial charge on any atom is -0.361 e. The number of carbonyl (C=O) groups is 1. The summed E-state index contributed by atoms with van der Waals surface area (Å²) in [7, 11) is 0. The van der Waals surface area contributed by atoms with E-state index < -0.39 is 0 Å². The van der Waals surface area contributed by atoms with Crippen molar-refractivity contribution in [1.29, 1.82) is 0 Å². The van der Waals surface area contributed by atoms with Crippen molar-refractivity contribution in [3.63, 3.8) is 0 Å². The van der Waals surface area contributed by atoms with Crippen molar-refractivity contribution in [2.45, 2.75) is 6.92 Å².